The van der Waals surface area contributed by atoms with Crippen molar-refractivity contribution in [1.29, 1.82) is 0 Å². The Labute approximate surface area is 92.3 Å². The van der Waals surface area contributed by atoms with E-state index < -0.39 is 12.0 Å². The fourth-order valence-electron chi connectivity index (χ4n) is 1.43. The summed E-state index contributed by atoms with van der Waals surface area (Å²) in [5.74, 6) is -1.41. The van der Waals surface area contributed by atoms with Crippen LogP contribution in [0.25, 0.3) is 0 Å². The van der Waals surface area contributed by atoms with Crippen LogP contribution < -0.4 is 11.1 Å². The zero-order valence-corrected chi connectivity index (χ0v) is 8.77. The van der Waals surface area contributed by atoms with Gasteiger partial charge in [0, 0.05) is 11.3 Å². The Hall–Kier alpha value is -1.79. The Balaban J connectivity index is 3.24. The molecule has 0 saturated carbocycles. The predicted octanol–water partition coefficient (Wildman–Crippen LogP) is -0.0746. The maximum absolute atomic E-state index is 10.7. The van der Waals surface area contributed by atoms with Crippen molar-refractivity contribution >= 4 is 11.7 Å². The van der Waals surface area contributed by atoms with Crippen LogP contribution in [0.15, 0.2) is 12.1 Å². The quantitative estimate of drug-likeness (QED) is 0.362. The molecule has 1 aromatic carbocycles. The molecule has 0 fully saturated rings. The van der Waals surface area contributed by atoms with Crippen LogP contribution in [-0.4, -0.2) is 34.9 Å². The van der Waals surface area contributed by atoms with E-state index in [0.717, 1.165) is 6.07 Å². The van der Waals surface area contributed by atoms with Crippen molar-refractivity contribution in [3.8, 4) is 5.75 Å². The number of nitrogen functional groups attached to an aromatic ring is 1. The van der Waals surface area contributed by atoms with Gasteiger partial charge in [-0.15, -0.1) is 0 Å². The molecule has 88 valence electrons. The van der Waals surface area contributed by atoms with Crippen molar-refractivity contribution in [2.75, 3.05) is 19.4 Å². The second kappa shape index (κ2) is 4.82. The number of hydrogen-bond donors (Lipinski definition) is 5. The molecule has 6 N–H and O–H groups in total. The number of phenolic OH excluding ortho intramolecular Hbond substituents is 1. The molecule has 0 spiro atoms. The number of carbonyl (C=O) groups is 1. The molecule has 0 aromatic heterocycles. The number of carboxylic acid groups (broad SMARTS) is 1. The molecule has 0 saturated heterocycles. The number of phenols is 1. The first kappa shape index (κ1) is 12.3. The number of rotatable bonds is 4. The molecule has 0 radical (unpaired) electrons. The number of aliphatic hydroxyl groups excluding tert-OH is 1. The fraction of sp³-hybridized carbons (Fsp3) is 0.300. The summed E-state index contributed by atoms with van der Waals surface area (Å²) in [5, 5.41) is 30.2. The summed E-state index contributed by atoms with van der Waals surface area (Å²) >= 11 is 0. The molecule has 0 aliphatic heterocycles. The summed E-state index contributed by atoms with van der Waals surface area (Å²) in [4.78, 5) is 10.7. The highest BCUT2D eigenvalue weighted by Gasteiger charge is 2.17. The van der Waals surface area contributed by atoms with Gasteiger partial charge in [-0.1, -0.05) is 0 Å². The van der Waals surface area contributed by atoms with Crippen LogP contribution in [0.5, 0.6) is 5.75 Å². The molecular weight excluding hydrogens is 212 g/mol. The van der Waals surface area contributed by atoms with Crippen LogP contribution in [-0.2, 0) is 0 Å². The average molecular weight is 226 g/mol. The van der Waals surface area contributed by atoms with Crippen molar-refractivity contribution in [2.24, 2.45) is 0 Å². The largest absolute Gasteiger partial charge is 0.508 e. The summed E-state index contributed by atoms with van der Waals surface area (Å²) in [6.07, 6.45) is 0. The summed E-state index contributed by atoms with van der Waals surface area (Å²) in [6, 6.07) is 1.94. The van der Waals surface area contributed by atoms with Gasteiger partial charge in [0.25, 0.3) is 0 Å². The van der Waals surface area contributed by atoms with Gasteiger partial charge in [0.05, 0.1) is 18.2 Å². The van der Waals surface area contributed by atoms with Gasteiger partial charge in [-0.2, -0.15) is 0 Å². The van der Waals surface area contributed by atoms with Crippen molar-refractivity contribution in [3.63, 3.8) is 0 Å². The van der Waals surface area contributed by atoms with Crippen LogP contribution in [0, 0.1) is 0 Å². The first-order chi connectivity index (χ1) is 7.51. The zero-order chi connectivity index (χ0) is 12.3. The van der Waals surface area contributed by atoms with E-state index in [9.17, 15) is 9.90 Å². The van der Waals surface area contributed by atoms with E-state index in [0.29, 0.717) is 5.56 Å². The number of aliphatic hydroxyl groups is 1. The minimum atomic E-state index is -1.20. The minimum Gasteiger partial charge on any atom is -0.508 e. The maximum atomic E-state index is 10.7. The molecule has 0 aliphatic carbocycles. The highest BCUT2D eigenvalue weighted by atomic mass is 16.4. The monoisotopic (exact) mass is 226 g/mol. The molecule has 0 bridgehead atoms. The van der Waals surface area contributed by atoms with Crippen LogP contribution in [0.1, 0.15) is 22.0 Å². The van der Waals surface area contributed by atoms with Gasteiger partial charge in [0.2, 0.25) is 0 Å². The van der Waals surface area contributed by atoms with Crippen LogP contribution >= 0.6 is 0 Å². The van der Waals surface area contributed by atoms with E-state index in [1.807, 2.05) is 0 Å². The number of nitrogens with two attached hydrogens (primary N) is 1. The Morgan fingerprint density at radius 1 is 1.56 bits per heavy atom. The molecule has 0 unspecified atom stereocenters. The Kier molecular flexibility index (Phi) is 3.70. The van der Waals surface area contributed by atoms with Gasteiger partial charge in [-0.25, -0.2) is 4.79 Å². The third-order valence-electron chi connectivity index (χ3n) is 2.34. The second-order valence-corrected chi connectivity index (χ2v) is 3.33. The van der Waals surface area contributed by atoms with Crippen LogP contribution in [0.2, 0.25) is 0 Å². The summed E-state index contributed by atoms with van der Waals surface area (Å²) in [7, 11) is 1.61. The minimum absolute atomic E-state index is 0.0500. The van der Waals surface area contributed by atoms with Gasteiger partial charge in [0.15, 0.2) is 0 Å². The SMILES string of the molecule is CN[C@@H](CO)c1cc(N)c(C(=O)O)cc1O. The number of hydrogen-bond acceptors (Lipinski definition) is 5. The van der Waals surface area contributed by atoms with Gasteiger partial charge >= 0.3 is 5.97 Å². The summed E-state index contributed by atoms with van der Waals surface area (Å²) in [6.45, 7) is -0.226. The number of carboxylic acids is 1. The molecule has 1 aromatic rings. The number of anilines is 1. The summed E-state index contributed by atoms with van der Waals surface area (Å²) in [5.41, 5.74) is 5.80. The lowest BCUT2D eigenvalue weighted by atomic mass is 10.0. The van der Waals surface area contributed by atoms with E-state index in [1.165, 1.54) is 6.07 Å². The topological polar surface area (TPSA) is 116 Å². The van der Waals surface area contributed by atoms with Gasteiger partial charge in [-0.05, 0) is 19.2 Å². The normalized spacial score (nSPS) is 12.4. The molecule has 0 heterocycles. The molecule has 1 atom stereocenters. The Bertz CT molecular complexity index is 402. The van der Waals surface area contributed by atoms with E-state index in [4.69, 9.17) is 15.9 Å². The highest BCUT2D eigenvalue weighted by molar-refractivity contribution is 5.94. The second-order valence-electron chi connectivity index (χ2n) is 3.33. The fourth-order valence-corrected chi connectivity index (χ4v) is 1.43. The van der Waals surface area contributed by atoms with E-state index >= 15 is 0 Å². The summed E-state index contributed by atoms with van der Waals surface area (Å²) < 4.78 is 0. The lowest BCUT2D eigenvalue weighted by molar-refractivity contribution is 0.0697. The third-order valence-corrected chi connectivity index (χ3v) is 2.34. The smallest absolute Gasteiger partial charge is 0.337 e. The molecule has 0 amide bonds. The van der Waals surface area contributed by atoms with Gasteiger partial charge < -0.3 is 26.4 Å². The molecule has 16 heavy (non-hydrogen) atoms. The molecule has 0 aliphatic rings. The number of aromatic carboxylic acids is 1. The van der Waals surface area contributed by atoms with Crippen molar-refractivity contribution in [2.45, 2.75) is 6.04 Å². The van der Waals surface area contributed by atoms with Crippen LogP contribution in [0.3, 0.4) is 0 Å². The van der Waals surface area contributed by atoms with E-state index in [-0.39, 0.29) is 23.6 Å². The van der Waals surface area contributed by atoms with Crippen molar-refractivity contribution in [1.82, 2.24) is 5.32 Å². The van der Waals surface area contributed by atoms with Crippen LogP contribution in [0.4, 0.5) is 5.69 Å². The number of benzene rings is 1. The number of aromatic hydroxyl groups is 1. The lowest BCUT2D eigenvalue weighted by Gasteiger charge is -2.16. The van der Waals surface area contributed by atoms with Gasteiger partial charge in [0.1, 0.15) is 5.75 Å². The first-order valence-electron chi connectivity index (χ1n) is 4.65. The highest BCUT2D eigenvalue weighted by Crippen LogP contribution is 2.29. The Morgan fingerprint density at radius 3 is 2.62 bits per heavy atom. The molecule has 6 heteroatoms. The average Bonchev–Trinajstić information content (AvgIpc) is 2.23. The van der Waals surface area contributed by atoms with Gasteiger partial charge in [-0.3, -0.25) is 0 Å². The van der Waals surface area contributed by atoms with E-state index in [1.54, 1.807) is 7.05 Å². The molecular formula is C10H14N2O4. The standard InChI is InChI=1S/C10H14N2O4/c1-12-8(4-13)6-2-7(11)5(10(15)16)3-9(6)14/h2-3,8,12-14H,4,11H2,1H3,(H,15,16)/t8-/m0/s1. The molecule has 6 nitrogen and oxygen atoms in total. The predicted molar refractivity (Wildman–Crippen MR) is 58.4 cm³/mol. The first-order valence-corrected chi connectivity index (χ1v) is 4.65. The molecule has 1 rings (SSSR count). The third kappa shape index (κ3) is 2.23. The van der Waals surface area contributed by atoms with Crippen molar-refractivity contribution < 1.29 is 20.1 Å². The number of nitrogens with one attached hydrogen (secondary N) is 1. The lowest BCUT2D eigenvalue weighted by Crippen LogP contribution is -2.20. The van der Waals surface area contributed by atoms with Crippen molar-refractivity contribution in [3.05, 3.63) is 23.3 Å². The number of likely N-dealkylation sites (N-methyl/N-ethyl adjacent to an activating group) is 1. The Morgan fingerprint density at radius 2 is 2.19 bits per heavy atom. The maximum Gasteiger partial charge on any atom is 0.337 e. The zero-order valence-electron chi connectivity index (χ0n) is 8.77. The van der Waals surface area contributed by atoms with E-state index in [2.05, 4.69) is 5.32 Å².